The van der Waals surface area contributed by atoms with Gasteiger partial charge in [0.2, 0.25) is 0 Å². The minimum Gasteiger partial charge on any atom is -0.507 e. The van der Waals surface area contributed by atoms with Crippen LogP contribution < -0.4 is 9.64 Å². The highest BCUT2D eigenvalue weighted by Crippen LogP contribution is 2.43. The molecule has 0 bridgehead atoms. The van der Waals surface area contributed by atoms with Crippen molar-refractivity contribution < 1.29 is 24.5 Å². The van der Waals surface area contributed by atoms with Gasteiger partial charge in [0.1, 0.15) is 5.76 Å². The number of carbonyl (C=O) groups is 2. The fourth-order valence-electron chi connectivity index (χ4n) is 3.53. The van der Waals surface area contributed by atoms with E-state index >= 15 is 0 Å². The van der Waals surface area contributed by atoms with Crippen molar-refractivity contribution in [3.8, 4) is 11.5 Å². The van der Waals surface area contributed by atoms with Gasteiger partial charge in [-0.15, -0.1) is 0 Å². The van der Waals surface area contributed by atoms with Crippen LogP contribution in [0.2, 0.25) is 0 Å². The largest absolute Gasteiger partial charge is 0.507 e. The highest BCUT2D eigenvalue weighted by atomic mass is 16.5. The number of aromatic hydroxyl groups is 1. The molecule has 1 unspecified atom stereocenters. The number of ketones is 1. The van der Waals surface area contributed by atoms with E-state index in [1.54, 1.807) is 54.7 Å². The summed E-state index contributed by atoms with van der Waals surface area (Å²) < 4.78 is 5.19. The van der Waals surface area contributed by atoms with Gasteiger partial charge in [0, 0.05) is 11.8 Å². The topological polar surface area (TPSA) is 100.0 Å². The fourth-order valence-corrected chi connectivity index (χ4v) is 3.53. The van der Waals surface area contributed by atoms with E-state index in [1.807, 2.05) is 0 Å². The Balaban J connectivity index is 1.97. The molecular weight excluding hydrogens is 384 g/mol. The summed E-state index contributed by atoms with van der Waals surface area (Å²) in [6, 6.07) is 15.5. The van der Waals surface area contributed by atoms with E-state index in [-0.39, 0.29) is 22.8 Å². The standard InChI is InChI=1S/C23H18N2O5/c1-30-18-12-15(9-10-17(18)26)20-19(21(27)14-6-3-2-4-7-14)22(28)23(29)25(20)16-8-5-11-24-13-16/h2-13,20,26-27H,1H3. The molecule has 1 aliphatic heterocycles. The third kappa shape index (κ3) is 3.16. The number of pyridine rings is 1. The normalized spacial score (nSPS) is 17.9. The first-order valence-corrected chi connectivity index (χ1v) is 9.16. The summed E-state index contributed by atoms with van der Waals surface area (Å²) in [6.45, 7) is 0. The van der Waals surface area contributed by atoms with Gasteiger partial charge >= 0.3 is 0 Å². The molecule has 0 spiro atoms. The van der Waals surface area contributed by atoms with Crippen molar-refractivity contribution in [2.24, 2.45) is 0 Å². The minimum absolute atomic E-state index is 0.0530. The summed E-state index contributed by atoms with van der Waals surface area (Å²) in [4.78, 5) is 31.3. The first-order valence-electron chi connectivity index (χ1n) is 9.16. The van der Waals surface area contributed by atoms with Crippen molar-refractivity contribution in [2.45, 2.75) is 6.04 Å². The predicted octanol–water partition coefficient (Wildman–Crippen LogP) is 3.42. The van der Waals surface area contributed by atoms with Crippen LogP contribution in [0, 0.1) is 0 Å². The maximum atomic E-state index is 13.0. The molecule has 0 radical (unpaired) electrons. The molecule has 2 heterocycles. The highest BCUT2D eigenvalue weighted by Gasteiger charge is 2.47. The van der Waals surface area contributed by atoms with Crippen LogP contribution in [0.3, 0.4) is 0 Å². The van der Waals surface area contributed by atoms with Crippen molar-refractivity contribution in [3.05, 3.63) is 89.8 Å². The third-order valence-electron chi connectivity index (χ3n) is 4.94. The molecule has 4 rings (SSSR count). The van der Waals surface area contributed by atoms with Gasteiger partial charge in [-0.25, -0.2) is 0 Å². The van der Waals surface area contributed by atoms with Crippen LogP contribution in [-0.2, 0) is 9.59 Å². The van der Waals surface area contributed by atoms with E-state index in [4.69, 9.17) is 4.74 Å². The second-order valence-electron chi connectivity index (χ2n) is 6.68. The van der Waals surface area contributed by atoms with Gasteiger partial charge in [-0.1, -0.05) is 36.4 Å². The quantitative estimate of drug-likeness (QED) is 0.394. The zero-order chi connectivity index (χ0) is 21.3. The molecule has 1 aliphatic rings. The number of carbonyl (C=O) groups excluding carboxylic acids is 2. The SMILES string of the molecule is COc1cc(C2C(=C(O)c3ccccc3)C(=O)C(=O)N2c2cccnc2)ccc1O. The van der Waals surface area contributed by atoms with Crippen molar-refractivity contribution in [1.29, 1.82) is 0 Å². The summed E-state index contributed by atoms with van der Waals surface area (Å²) in [5.74, 6) is -1.77. The van der Waals surface area contributed by atoms with Crippen molar-refractivity contribution in [3.63, 3.8) is 0 Å². The zero-order valence-electron chi connectivity index (χ0n) is 16.0. The Bertz CT molecular complexity index is 1140. The number of aliphatic hydroxyl groups is 1. The van der Waals surface area contributed by atoms with Gasteiger partial charge in [0.25, 0.3) is 11.7 Å². The van der Waals surface area contributed by atoms with Crippen molar-refractivity contribution >= 4 is 23.1 Å². The summed E-state index contributed by atoms with van der Waals surface area (Å²) >= 11 is 0. The lowest BCUT2D eigenvalue weighted by Crippen LogP contribution is -2.29. The predicted molar refractivity (Wildman–Crippen MR) is 110 cm³/mol. The maximum Gasteiger partial charge on any atom is 0.300 e. The van der Waals surface area contributed by atoms with Gasteiger partial charge < -0.3 is 14.9 Å². The van der Waals surface area contributed by atoms with Crippen LogP contribution in [-0.4, -0.2) is 34.0 Å². The number of phenolic OH excluding ortho intramolecular Hbond substituents is 1. The van der Waals surface area contributed by atoms with E-state index in [9.17, 15) is 19.8 Å². The monoisotopic (exact) mass is 402 g/mol. The Morgan fingerprint density at radius 1 is 1.07 bits per heavy atom. The number of methoxy groups -OCH3 is 1. The second kappa shape index (κ2) is 7.71. The third-order valence-corrected chi connectivity index (χ3v) is 4.94. The number of aliphatic hydroxyl groups excluding tert-OH is 1. The number of Topliss-reactive ketones (excluding diaryl/α,β-unsaturated/α-hetero) is 1. The molecule has 1 aromatic heterocycles. The van der Waals surface area contributed by atoms with E-state index < -0.39 is 17.7 Å². The lowest BCUT2D eigenvalue weighted by molar-refractivity contribution is -0.132. The molecule has 7 heteroatoms. The van der Waals surface area contributed by atoms with E-state index in [2.05, 4.69) is 4.98 Å². The molecule has 150 valence electrons. The summed E-state index contributed by atoms with van der Waals surface area (Å²) in [5.41, 5.74) is 1.26. The van der Waals surface area contributed by atoms with Crippen LogP contribution in [0.25, 0.3) is 5.76 Å². The Labute approximate surface area is 172 Å². The molecule has 2 N–H and O–H groups in total. The van der Waals surface area contributed by atoms with Gasteiger partial charge in [0.15, 0.2) is 11.5 Å². The lowest BCUT2D eigenvalue weighted by atomic mass is 9.95. The van der Waals surface area contributed by atoms with E-state index in [0.717, 1.165) is 0 Å². The number of aromatic nitrogens is 1. The number of ether oxygens (including phenoxy) is 1. The molecule has 1 fully saturated rings. The van der Waals surface area contributed by atoms with Gasteiger partial charge in [-0.05, 0) is 29.8 Å². The average Bonchev–Trinajstić information content (AvgIpc) is 3.05. The first-order chi connectivity index (χ1) is 14.5. The van der Waals surface area contributed by atoms with Crippen molar-refractivity contribution in [1.82, 2.24) is 4.98 Å². The van der Waals surface area contributed by atoms with Gasteiger partial charge in [-0.2, -0.15) is 0 Å². The smallest absolute Gasteiger partial charge is 0.300 e. The molecule has 0 saturated carbocycles. The maximum absolute atomic E-state index is 13.0. The molecule has 1 atom stereocenters. The molecule has 7 nitrogen and oxygen atoms in total. The summed E-state index contributed by atoms with van der Waals surface area (Å²) in [5, 5.41) is 20.9. The molecular formula is C23H18N2O5. The number of anilines is 1. The van der Waals surface area contributed by atoms with E-state index in [0.29, 0.717) is 16.8 Å². The lowest BCUT2D eigenvalue weighted by Gasteiger charge is -2.25. The fraction of sp³-hybridized carbons (Fsp3) is 0.0870. The molecule has 0 aliphatic carbocycles. The highest BCUT2D eigenvalue weighted by molar-refractivity contribution is 6.51. The van der Waals surface area contributed by atoms with Crippen molar-refractivity contribution in [2.75, 3.05) is 12.0 Å². The Morgan fingerprint density at radius 3 is 2.50 bits per heavy atom. The van der Waals surface area contributed by atoms with Crippen LogP contribution in [0.1, 0.15) is 17.2 Å². The molecule has 1 saturated heterocycles. The van der Waals surface area contributed by atoms with E-state index in [1.165, 1.54) is 30.3 Å². The van der Waals surface area contributed by atoms with Crippen LogP contribution in [0.5, 0.6) is 11.5 Å². The molecule has 30 heavy (non-hydrogen) atoms. The average molecular weight is 402 g/mol. The molecule has 1 amide bonds. The Kier molecular flexibility index (Phi) is 4.93. The minimum atomic E-state index is -0.927. The number of hydrogen-bond acceptors (Lipinski definition) is 6. The second-order valence-corrected chi connectivity index (χ2v) is 6.68. The zero-order valence-corrected chi connectivity index (χ0v) is 16.0. The number of hydrogen-bond donors (Lipinski definition) is 2. The molecule has 2 aromatic carbocycles. The number of rotatable bonds is 4. The van der Waals surface area contributed by atoms with Crippen LogP contribution in [0.15, 0.2) is 78.6 Å². The van der Waals surface area contributed by atoms with Gasteiger partial charge in [0.05, 0.1) is 30.6 Å². The van der Waals surface area contributed by atoms with Gasteiger partial charge in [-0.3, -0.25) is 19.5 Å². The molecule has 3 aromatic rings. The van der Waals surface area contributed by atoms with Crippen LogP contribution in [0.4, 0.5) is 5.69 Å². The summed E-state index contributed by atoms with van der Waals surface area (Å²) in [6.07, 6.45) is 3.03. The number of phenols is 1. The van der Waals surface area contributed by atoms with Crippen LogP contribution >= 0.6 is 0 Å². The first kappa shape index (κ1) is 19.2. The number of nitrogens with zero attached hydrogens (tertiary/aromatic N) is 2. The Morgan fingerprint density at radius 2 is 1.83 bits per heavy atom. The Hall–Kier alpha value is -4.13. The number of benzene rings is 2. The summed E-state index contributed by atoms with van der Waals surface area (Å²) in [7, 11) is 1.40. The number of amides is 1.